The van der Waals surface area contributed by atoms with Gasteiger partial charge in [-0.15, -0.1) is 11.3 Å². The Kier molecular flexibility index (Phi) is 3.03. The van der Waals surface area contributed by atoms with Gasteiger partial charge in [-0.2, -0.15) is 0 Å². The Labute approximate surface area is 116 Å². The predicted molar refractivity (Wildman–Crippen MR) is 82.5 cm³/mol. The number of aryl methyl sites for hydroxylation is 2. The summed E-state index contributed by atoms with van der Waals surface area (Å²) in [4.78, 5) is 5.93. The Hall–Kier alpha value is -1.81. The summed E-state index contributed by atoms with van der Waals surface area (Å²) < 4.78 is 2.29. The number of aromatic nitrogens is 2. The molecular weight excluding hydrogens is 254 g/mol. The number of hydrogen-bond acceptors (Lipinski definition) is 3. The highest BCUT2D eigenvalue weighted by Crippen LogP contribution is 2.32. The lowest BCUT2D eigenvalue weighted by Gasteiger charge is -2.06. The first-order chi connectivity index (χ1) is 9.19. The molecule has 0 aliphatic heterocycles. The summed E-state index contributed by atoms with van der Waals surface area (Å²) in [6.45, 7) is 5.26. The van der Waals surface area contributed by atoms with Gasteiger partial charge in [-0.1, -0.05) is 13.0 Å². The van der Waals surface area contributed by atoms with E-state index in [2.05, 4.69) is 42.7 Å². The molecule has 0 saturated heterocycles. The number of anilines is 1. The number of nitrogens with two attached hydrogens (primary N) is 1. The molecule has 0 aliphatic carbocycles. The van der Waals surface area contributed by atoms with Gasteiger partial charge in [0.25, 0.3) is 0 Å². The first-order valence-electron chi connectivity index (χ1n) is 6.51. The van der Waals surface area contributed by atoms with E-state index in [-0.39, 0.29) is 0 Å². The van der Waals surface area contributed by atoms with Gasteiger partial charge >= 0.3 is 0 Å². The standard InChI is InChI=1S/C15H17N3S/c1-3-8-18-12-5-4-10(2)9-11(12)17-15(18)13-6-7-14(16)19-13/h4-7,9H,3,8,16H2,1-2H3. The van der Waals surface area contributed by atoms with Crippen molar-refractivity contribution in [2.45, 2.75) is 26.8 Å². The molecule has 0 radical (unpaired) electrons. The molecule has 0 saturated carbocycles. The molecule has 2 heterocycles. The molecule has 3 nitrogen and oxygen atoms in total. The highest BCUT2D eigenvalue weighted by atomic mass is 32.1. The average Bonchev–Trinajstić information content (AvgIpc) is 2.94. The van der Waals surface area contributed by atoms with Gasteiger partial charge in [0.15, 0.2) is 5.82 Å². The van der Waals surface area contributed by atoms with Crippen molar-refractivity contribution in [1.29, 1.82) is 0 Å². The zero-order valence-corrected chi connectivity index (χ0v) is 12.0. The van der Waals surface area contributed by atoms with Gasteiger partial charge in [0.05, 0.1) is 20.9 Å². The third kappa shape index (κ3) is 2.12. The zero-order chi connectivity index (χ0) is 13.4. The minimum atomic E-state index is 0.835. The molecule has 0 atom stereocenters. The number of nitrogen functional groups attached to an aromatic ring is 1. The summed E-state index contributed by atoms with van der Waals surface area (Å²) in [5.41, 5.74) is 9.35. The first-order valence-corrected chi connectivity index (χ1v) is 7.33. The van der Waals surface area contributed by atoms with Crippen LogP contribution in [0.2, 0.25) is 0 Å². The van der Waals surface area contributed by atoms with Gasteiger partial charge in [0, 0.05) is 6.54 Å². The van der Waals surface area contributed by atoms with E-state index >= 15 is 0 Å². The van der Waals surface area contributed by atoms with Crippen LogP contribution in [0.15, 0.2) is 30.3 Å². The van der Waals surface area contributed by atoms with E-state index in [0.717, 1.165) is 34.2 Å². The van der Waals surface area contributed by atoms with Crippen LogP contribution in [0.25, 0.3) is 21.7 Å². The number of hydrogen-bond donors (Lipinski definition) is 1. The molecule has 0 amide bonds. The van der Waals surface area contributed by atoms with Crippen LogP contribution in [0, 0.1) is 6.92 Å². The molecule has 4 heteroatoms. The molecule has 3 aromatic rings. The Morgan fingerprint density at radius 1 is 1.26 bits per heavy atom. The van der Waals surface area contributed by atoms with E-state index in [1.165, 1.54) is 11.1 Å². The third-order valence-electron chi connectivity index (χ3n) is 3.20. The van der Waals surface area contributed by atoms with Gasteiger partial charge in [-0.05, 0) is 43.2 Å². The van der Waals surface area contributed by atoms with Crippen molar-refractivity contribution in [3.05, 3.63) is 35.9 Å². The van der Waals surface area contributed by atoms with E-state index < -0.39 is 0 Å². The molecule has 0 spiro atoms. The first kappa shape index (κ1) is 12.2. The van der Waals surface area contributed by atoms with Gasteiger partial charge < -0.3 is 10.3 Å². The second kappa shape index (κ2) is 4.70. The minimum absolute atomic E-state index is 0.835. The monoisotopic (exact) mass is 271 g/mol. The van der Waals surface area contributed by atoms with Crippen molar-refractivity contribution in [2.75, 3.05) is 5.73 Å². The second-order valence-electron chi connectivity index (χ2n) is 4.78. The van der Waals surface area contributed by atoms with E-state index in [1.54, 1.807) is 11.3 Å². The lowest BCUT2D eigenvalue weighted by atomic mass is 10.2. The van der Waals surface area contributed by atoms with E-state index in [0.29, 0.717) is 0 Å². The second-order valence-corrected chi connectivity index (χ2v) is 5.90. The van der Waals surface area contributed by atoms with Crippen LogP contribution in [-0.2, 0) is 6.54 Å². The van der Waals surface area contributed by atoms with E-state index in [1.807, 2.05) is 6.07 Å². The van der Waals surface area contributed by atoms with Gasteiger partial charge in [-0.3, -0.25) is 0 Å². The highest BCUT2D eigenvalue weighted by Gasteiger charge is 2.13. The molecule has 0 aliphatic rings. The molecule has 1 aromatic carbocycles. The number of imidazole rings is 1. The van der Waals surface area contributed by atoms with Crippen molar-refractivity contribution in [3.63, 3.8) is 0 Å². The maximum atomic E-state index is 5.84. The average molecular weight is 271 g/mol. The lowest BCUT2D eigenvalue weighted by molar-refractivity contribution is 0.705. The summed E-state index contributed by atoms with van der Waals surface area (Å²) >= 11 is 1.59. The van der Waals surface area contributed by atoms with Crippen molar-refractivity contribution >= 4 is 27.4 Å². The fourth-order valence-electron chi connectivity index (χ4n) is 2.35. The van der Waals surface area contributed by atoms with Crippen LogP contribution in [0.3, 0.4) is 0 Å². The molecule has 2 aromatic heterocycles. The molecule has 0 fully saturated rings. The van der Waals surface area contributed by atoms with Crippen LogP contribution in [0.1, 0.15) is 18.9 Å². The maximum Gasteiger partial charge on any atom is 0.151 e. The van der Waals surface area contributed by atoms with Crippen molar-refractivity contribution in [3.8, 4) is 10.7 Å². The Morgan fingerprint density at radius 3 is 2.79 bits per heavy atom. The van der Waals surface area contributed by atoms with Crippen molar-refractivity contribution < 1.29 is 0 Å². The molecule has 2 N–H and O–H groups in total. The summed E-state index contributed by atoms with van der Waals surface area (Å²) in [6.07, 6.45) is 1.09. The fraction of sp³-hybridized carbons (Fsp3) is 0.267. The van der Waals surface area contributed by atoms with Gasteiger partial charge in [0.2, 0.25) is 0 Å². The van der Waals surface area contributed by atoms with Crippen molar-refractivity contribution in [1.82, 2.24) is 9.55 Å². The normalized spacial score (nSPS) is 11.3. The number of nitrogens with zero attached hydrogens (tertiary/aromatic N) is 2. The minimum Gasteiger partial charge on any atom is -0.391 e. The van der Waals surface area contributed by atoms with Crippen LogP contribution in [0.5, 0.6) is 0 Å². The van der Waals surface area contributed by atoms with E-state index in [4.69, 9.17) is 10.7 Å². The number of thiophene rings is 1. The molecule has 0 unspecified atom stereocenters. The van der Waals surface area contributed by atoms with Crippen molar-refractivity contribution in [2.24, 2.45) is 0 Å². The van der Waals surface area contributed by atoms with Crippen LogP contribution < -0.4 is 5.73 Å². The van der Waals surface area contributed by atoms with Crippen LogP contribution in [-0.4, -0.2) is 9.55 Å². The quantitative estimate of drug-likeness (QED) is 0.780. The summed E-state index contributed by atoms with van der Waals surface area (Å²) in [5.74, 6) is 1.03. The number of fused-ring (bicyclic) bond motifs is 1. The summed E-state index contributed by atoms with van der Waals surface area (Å²) in [6, 6.07) is 10.4. The summed E-state index contributed by atoms with van der Waals surface area (Å²) in [7, 11) is 0. The fourth-order valence-corrected chi connectivity index (χ4v) is 3.12. The molecule has 0 bridgehead atoms. The number of rotatable bonds is 3. The molecular formula is C15H17N3S. The van der Waals surface area contributed by atoms with Gasteiger partial charge in [0.1, 0.15) is 0 Å². The Balaban J connectivity index is 2.25. The maximum absolute atomic E-state index is 5.84. The lowest BCUT2D eigenvalue weighted by Crippen LogP contribution is -1.98. The Bertz CT molecular complexity index is 724. The molecule has 98 valence electrons. The Morgan fingerprint density at radius 2 is 2.11 bits per heavy atom. The molecule has 3 rings (SSSR count). The largest absolute Gasteiger partial charge is 0.391 e. The smallest absolute Gasteiger partial charge is 0.151 e. The molecule has 19 heavy (non-hydrogen) atoms. The highest BCUT2D eigenvalue weighted by molar-refractivity contribution is 7.19. The third-order valence-corrected chi connectivity index (χ3v) is 4.11. The topological polar surface area (TPSA) is 43.8 Å². The van der Waals surface area contributed by atoms with Crippen LogP contribution in [0.4, 0.5) is 5.00 Å². The van der Waals surface area contributed by atoms with E-state index in [9.17, 15) is 0 Å². The SMILES string of the molecule is CCCn1c(-c2ccc(N)s2)nc2cc(C)ccc21. The van der Waals surface area contributed by atoms with Gasteiger partial charge in [-0.25, -0.2) is 4.98 Å². The predicted octanol–water partition coefficient (Wildman–Crippen LogP) is 4.07. The van der Waals surface area contributed by atoms with Crippen LogP contribution >= 0.6 is 11.3 Å². The number of benzene rings is 1. The summed E-state index contributed by atoms with van der Waals surface area (Å²) in [5, 5.41) is 0.835. The zero-order valence-electron chi connectivity index (χ0n) is 11.2.